The fourth-order valence-corrected chi connectivity index (χ4v) is 1.53. The molecule has 1 aromatic carbocycles. The van der Waals surface area contributed by atoms with Crippen molar-refractivity contribution in [2.24, 2.45) is 5.92 Å². The van der Waals surface area contributed by atoms with E-state index in [0.717, 1.165) is 11.3 Å². The molecule has 1 aromatic rings. The van der Waals surface area contributed by atoms with E-state index in [1.54, 1.807) is 0 Å². The number of benzene rings is 1. The van der Waals surface area contributed by atoms with Crippen LogP contribution in [0.2, 0.25) is 0 Å². The summed E-state index contributed by atoms with van der Waals surface area (Å²) in [6.45, 7) is 6.00. The van der Waals surface area contributed by atoms with Gasteiger partial charge in [-0.2, -0.15) is 0 Å². The molecule has 0 aromatic heterocycles. The molecule has 0 radical (unpaired) electrons. The minimum Gasteiger partial charge on any atom is -0.467 e. The summed E-state index contributed by atoms with van der Waals surface area (Å²) in [7, 11) is 1.41. The summed E-state index contributed by atoms with van der Waals surface area (Å²) < 4.78 is 4.78. The number of esters is 1. The lowest BCUT2D eigenvalue weighted by Gasteiger charge is -2.21. The van der Waals surface area contributed by atoms with Gasteiger partial charge in [0.15, 0.2) is 0 Å². The summed E-state index contributed by atoms with van der Waals surface area (Å²) in [6, 6.07) is 7.60. The third-order valence-electron chi connectivity index (χ3n) is 2.58. The fourth-order valence-electron chi connectivity index (χ4n) is 1.53. The molecule has 3 nitrogen and oxygen atoms in total. The van der Waals surface area contributed by atoms with Crippen molar-refractivity contribution in [3.8, 4) is 0 Å². The molecule has 0 heterocycles. The molecular weight excluding hydrogens is 202 g/mol. The zero-order valence-electron chi connectivity index (χ0n) is 10.3. The van der Waals surface area contributed by atoms with Crippen LogP contribution in [-0.4, -0.2) is 19.1 Å². The second-order valence-corrected chi connectivity index (χ2v) is 4.20. The second kappa shape index (κ2) is 5.54. The first-order valence-corrected chi connectivity index (χ1v) is 5.46. The molecule has 1 atom stereocenters. The van der Waals surface area contributed by atoms with Crippen LogP contribution < -0.4 is 5.32 Å². The Bertz CT molecular complexity index is 361. The van der Waals surface area contributed by atoms with Crippen LogP contribution in [0.1, 0.15) is 19.4 Å². The van der Waals surface area contributed by atoms with Gasteiger partial charge in [-0.05, 0) is 24.5 Å². The van der Waals surface area contributed by atoms with Crippen LogP contribution in [0.25, 0.3) is 0 Å². The Balaban J connectivity index is 2.84. The van der Waals surface area contributed by atoms with E-state index in [1.807, 2.05) is 45.0 Å². The largest absolute Gasteiger partial charge is 0.467 e. The van der Waals surface area contributed by atoms with E-state index in [2.05, 4.69) is 5.32 Å². The molecular formula is C13H19NO2. The zero-order valence-corrected chi connectivity index (χ0v) is 10.3. The van der Waals surface area contributed by atoms with E-state index < -0.39 is 0 Å². The van der Waals surface area contributed by atoms with Gasteiger partial charge < -0.3 is 10.1 Å². The molecule has 0 bridgehead atoms. The molecule has 0 aliphatic rings. The Morgan fingerprint density at radius 3 is 2.44 bits per heavy atom. The molecule has 0 saturated heterocycles. The number of hydrogen-bond donors (Lipinski definition) is 1. The molecule has 0 aliphatic heterocycles. The van der Waals surface area contributed by atoms with Gasteiger partial charge in [-0.25, -0.2) is 4.79 Å². The van der Waals surface area contributed by atoms with Crippen molar-refractivity contribution in [1.29, 1.82) is 0 Å². The minimum atomic E-state index is -0.300. The van der Waals surface area contributed by atoms with Crippen molar-refractivity contribution in [3.05, 3.63) is 29.8 Å². The van der Waals surface area contributed by atoms with Crippen LogP contribution >= 0.6 is 0 Å². The predicted octanol–water partition coefficient (Wildman–Crippen LogP) is 2.60. The maximum Gasteiger partial charge on any atom is 0.328 e. The number of carbonyl (C=O) groups is 1. The zero-order chi connectivity index (χ0) is 12.1. The Hall–Kier alpha value is -1.51. The highest BCUT2D eigenvalue weighted by atomic mass is 16.5. The van der Waals surface area contributed by atoms with Gasteiger partial charge >= 0.3 is 5.97 Å². The number of para-hydroxylation sites is 1. The standard InChI is InChI=1S/C13H19NO2/c1-9(2)12(13(15)16-4)14-11-8-6-5-7-10(11)3/h5-9,12,14H,1-4H3. The Labute approximate surface area is 96.8 Å². The molecule has 0 spiro atoms. The van der Waals surface area contributed by atoms with Crippen LogP contribution in [0, 0.1) is 12.8 Å². The van der Waals surface area contributed by atoms with Gasteiger partial charge in [-0.1, -0.05) is 32.0 Å². The molecule has 88 valence electrons. The third kappa shape index (κ3) is 2.99. The van der Waals surface area contributed by atoms with E-state index in [-0.39, 0.29) is 17.9 Å². The average molecular weight is 221 g/mol. The number of aryl methyl sites for hydroxylation is 1. The van der Waals surface area contributed by atoms with Crippen LogP contribution in [0.15, 0.2) is 24.3 Å². The quantitative estimate of drug-likeness (QED) is 0.794. The lowest BCUT2D eigenvalue weighted by molar-refractivity contribution is -0.142. The highest BCUT2D eigenvalue weighted by molar-refractivity contribution is 5.79. The fraction of sp³-hybridized carbons (Fsp3) is 0.462. The molecule has 1 rings (SSSR count). The normalized spacial score (nSPS) is 12.3. The van der Waals surface area contributed by atoms with Gasteiger partial charge in [0.2, 0.25) is 0 Å². The first-order valence-electron chi connectivity index (χ1n) is 5.46. The summed E-state index contributed by atoms with van der Waals surface area (Å²) in [5.41, 5.74) is 2.10. The Morgan fingerprint density at radius 2 is 1.94 bits per heavy atom. The maximum absolute atomic E-state index is 11.6. The van der Waals surface area contributed by atoms with Crippen molar-refractivity contribution >= 4 is 11.7 Å². The summed E-state index contributed by atoms with van der Waals surface area (Å²) >= 11 is 0. The van der Waals surface area contributed by atoms with Crippen LogP contribution in [0.3, 0.4) is 0 Å². The number of nitrogens with one attached hydrogen (secondary N) is 1. The van der Waals surface area contributed by atoms with Gasteiger partial charge in [0.05, 0.1) is 7.11 Å². The van der Waals surface area contributed by atoms with E-state index in [9.17, 15) is 4.79 Å². The second-order valence-electron chi connectivity index (χ2n) is 4.20. The third-order valence-corrected chi connectivity index (χ3v) is 2.58. The van der Waals surface area contributed by atoms with Crippen molar-refractivity contribution in [2.75, 3.05) is 12.4 Å². The van der Waals surface area contributed by atoms with E-state index in [4.69, 9.17) is 4.74 Å². The number of carbonyl (C=O) groups excluding carboxylic acids is 1. The molecule has 0 aliphatic carbocycles. The van der Waals surface area contributed by atoms with Gasteiger partial charge in [0.1, 0.15) is 6.04 Å². The average Bonchev–Trinajstić information content (AvgIpc) is 2.26. The van der Waals surface area contributed by atoms with Gasteiger partial charge in [0.25, 0.3) is 0 Å². The van der Waals surface area contributed by atoms with Gasteiger partial charge in [-0.15, -0.1) is 0 Å². The smallest absolute Gasteiger partial charge is 0.328 e. The van der Waals surface area contributed by atoms with Crippen LogP contribution in [0.5, 0.6) is 0 Å². The lowest BCUT2D eigenvalue weighted by Crippen LogP contribution is -2.35. The first kappa shape index (κ1) is 12.6. The first-order chi connectivity index (χ1) is 7.56. The monoisotopic (exact) mass is 221 g/mol. The number of hydrogen-bond acceptors (Lipinski definition) is 3. The molecule has 0 amide bonds. The van der Waals surface area contributed by atoms with E-state index >= 15 is 0 Å². The molecule has 3 heteroatoms. The highest BCUT2D eigenvalue weighted by Gasteiger charge is 2.22. The molecule has 1 N–H and O–H groups in total. The molecule has 16 heavy (non-hydrogen) atoms. The molecule has 0 saturated carbocycles. The number of methoxy groups -OCH3 is 1. The Kier molecular flexibility index (Phi) is 4.35. The lowest BCUT2D eigenvalue weighted by atomic mass is 10.0. The van der Waals surface area contributed by atoms with Crippen molar-refractivity contribution in [1.82, 2.24) is 0 Å². The van der Waals surface area contributed by atoms with Crippen molar-refractivity contribution in [2.45, 2.75) is 26.8 Å². The summed E-state index contributed by atoms with van der Waals surface area (Å²) in [6.07, 6.45) is 0. The van der Waals surface area contributed by atoms with Gasteiger partial charge in [-0.3, -0.25) is 0 Å². The van der Waals surface area contributed by atoms with Crippen molar-refractivity contribution < 1.29 is 9.53 Å². The maximum atomic E-state index is 11.6. The SMILES string of the molecule is COC(=O)C(Nc1ccccc1C)C(C)C. The topological polar surface area (TPSA) is 38.3 Å². The van der Waals surface area contributed by atoms with E-state index in [0.29, 0.717) is 0 Å². The predicted molar refractivity (Wildman–Crippen MR) is 65.4 cm³/mol. The van der Waals surface area contributed by atoms with E-state index in [1.165, 1.54) is 7.11 Å². The number of anilines is 1. The van der Waals surface area contributed by atoms with Crippen LogP contribution in [0.4, 0.5) is 5.69 Å². The van der Waals surface area contributed by atoms with Crippen LogP contribution in [-0.2, 0) is 9.53 Å². The summed E-state index contributed by atoms with van der Waals surface area (Å²) in [5, 5.41) is 3.22. The summed E-state index contributed by atoms with van der Waals surface area (Å²) in [5.74, 6) is -0.0368. The highest BCUT2D eigenvalue weighted by Crippen LogP contribution is 2.17. The Morgan fingerprint density at radius 1 is 1.31 bits per heavy atom. The molecule has 1 unspecified atom stereocenters. The van der Waals surface area contributed by atoms with Crippen molar-refractivity contribution in [3.63, 3.8) is 0 Å². The number of rotatable bonds is 4. The van der Waals surface area contributed by atoms with Gasteiger partial charge in [0, 0.05) is 5.69 Å². The summed E-state index contributed by atoms with van der Waals surface area (Å²) in [4.78, 5) is 11.6. The number of ether oxygens (including phenoxy) is 1. The molecule has 0 fully saturated rings. The minimum absolute atomic E-state index is 0.187.